The lowest BCUT2D eigenvalue weighted by Crippen LogP contribution is -2.52. The van der Waals surface area contributed by atoms with Crippen molar-refractivity contribution >= 4 is 22.8 Å². The lowest BCUT2D eigenvalue weighted by molar-refractivity contribution is -0.132. The van der Waals surface area contributed by atoms with Crippen LogP contribution in [0, 0.1) is 11.8 Å². The van der Waals surface area contributed by atoms with Crippen LogP contribution in [0.1, 0.15) is 52.0 Å². The molecule has 1 unspecified atom stereocenters. The summed E-state index contributed by atoms with van der Waals surface area (Å²) in [5, 5.41) is 4.59. The second-order valence-corrected chi connectivity index (χ2v) is 11.7. The van der Waals surface area contributed by atoms with Gasteiger partial charge in [0.15, 0.2) is 0 Å². The van der Waals surface area contributed by atoms with Crippen LogP contribution in [0.15, 0.2) is 41.7 Å². The molecule has 0 bridgehead atoms. The van der Waals surface area contributed by atoms with E-state index in [1.807, 2.05) is 10.7 Å². The van der Waals surface area contributed by atoms with Crippen LogP contribution in [-0.2, 0) is 9.53 Å². The Kier molecular flexibility index (Phi) is 7.03. The summed E-state index contributed by atoms with van der Waals surface area (Å²) in [5.74, 6) is 0.954. The highest BCUT2D eigenvalue weighted by Crippen LogP contribution is 2.37. The normalized spacial score (nSPS) is 24.3. The minimum Gasteiger partial charge on any atom is -0.374 e. The molecule has 0 aromatic carbocycles. The highest BCUT2D eigenvalue weighted by molar-refractivity contribution is 6.10. The summed E-state index contributed by atoms with van der Waals surface area (Å²) in [6, 6.07) is 4.90. The Morgan fingerprint density at radius 2 is 1.89 bits per heavy atom. The molecule has 0 radical (unpaired) electrons. The number of piperazine rings is 1. The zero-order valence-corrected chi connectivity index (χ0v) is 23.2. The lowest BCUT2D eigenvalue weighted by atomic mass is 9.77. The molecule has 2 aromatic rings. The fourth-order valence-corrected chi connectivity index (χ4v) is 6.54. The van der Waals surface area contributed by atoms with Crippen molar-refractivity contribution in [2.45, 2.75) is 58.1 Å². The smallest absolute Gasteiger partial charge is 0.225 e. The largest absolute Gasteiger partial charge is 0.374 e. The number of carbonyl (C=O) groups is 1. The number of piperidine rings is 1. The molecule has 8 heteroatoms. The van der Waals surface area contributed by atoms with Crippen molar-refractivity contribution in [3.63, 3.8) is 0 Å². The molecule has 0 spiro atoms. The van der Waals surface area contributed by atoms with E-state index in [-0.39, 0.29) is 5.60 Å². The molecule has 3 aliphatic heterocycles. The summed E-state index contributed by atoms with van der Waals surface area (Å²) >= 11 is 0. The number of hydrogen-bond acceptors (Lipinski definition) is 6. The van der Waals surface area contributed by atoms with Crippen LogP contribution in [0.25, 0.3) is 5.52 Å². The van der Waals surface area contributed by atoms with Gasteiger partial charge in [-0.05, 0) is 64.7 Å². The zero-order chi connectivity index (χ0) is 26.3. The predicted octanol–water partition coefficient (Wildman–Crippen LogP) is 3.65. The Balaban J connectivity index is 1.15. The molecule has 1 saturated carbocycles. The van der Waals surface area contributed by atoms with Gasteiger partial charge in [-0.2, -0.15) is 5.10 Å². The number of fused-ring (bicyclic) bond motifs is 1. The first-order chi connectivity index (χ1) is 18.5. The molecule has 0 N–H and O–H groups in total. The third kappa shape index (κ3) is 4.89. The molecule has 2 aromatic heterocycles. The Labute approximate surface area is 226 Å². The predicted molar refractivity (Wildman–Crippen MR) is 151 cm³/mol. The Morgan fingerprint density at radius 1 is 1.13 bits per heavy atom. The van der Waals surface area contributed by atoms with Crippen LogP contribution >= 0.6 is 0 Å². The van der Waals surface area contributed by atoms with E-state index in [4.69, 9.17) is 9.73 Å². The van der Waals surface area contributed by atoms with Gasteiger partial charge in [0.25, 0.3) is 0 Å². The summed E-state index contributed by atoms with van der Waals surface area (Å²) in [4.78, 5) is 24.5. The second kappa shape index (κ2) is 10.5. The number of hydrogen-bond donors (Lipinski definition) is 0. The van der Waals surface area contributed by atoms with Crippen molar-refractivity contribution in [1.29, 1.82) is 0 Å². The fraction of sp³-hybridized carbons (Fsp3) is 0.633. The van der Waals surface area contributed by atoms with Crippen LogP contribution < -0.4 is 4.90 Å². The van der Waals surface area contributed by atoms with Gasteiger partial charge in [0.1, 0.15) is 0 Å². The topological polar surface area (TPSA) is 65.7 Å². The number of anilines is 1. The molecular weight excluding hydrogens is 476 g/mol. The summed E-state index contributed by atoms with van der Waals surface area (Å²) in [6.45, 7) is 13.6. The van der Waals surface area contributed by atoms with E-state index in [2.05, 4.69) is 71.1 Å². The quantitative estimate of drug-likeness (QED) is 0.560. The average molecular weight is 519 g/mol. The molecule has 8 nitrogen and oxygen atoms in total. The first-order valence-electron chi connectivity index (χ1n) is 14.6. The van der Waals surface area contributed by atoms with Gasteiger partial charge in [-0.3, -0.25) is 9.79 Å². The van der Waals surface area contributed by atoms with Gasteiger partial charge < -0.3 is 19.4 Å². The Hall–Kier alpha value is -2.71. The highest BCUT2D eigenvalue weighted by atomic mass is 16.5. The molecule has 1 aliphatic carbocycles. The molecule has 1 atom stereocenters. The van der Waals surface area contributed by atoms with E-state index in [0.29, 0.717) is 23.8 Å². The number of aliphatic imine (C=N–C) groups is 1. The van der Waals surface area contributed by atoms with E-state index in [9.17, 15) is 4.79 Å². The van der Waals surface area contributed by atoms with E-state index < -0.39 is 0 Å². The minimum atomic E-state index is -0.116. The first kappa shape index (κ1) is 25.6. The maximum Gasteiger partial charge on any atom is 0.225 e. The summed E-state index contributed by atoms with van der Waals surface area (Å²) in [7, 11) is 0. The summed E-state index contributed by atoms with van der Waals surface area (Å²) in [5.41, 5.74) is 4.27. The van der Waals surface area contributed by atoms with Gasteiger partial charge in [-0.15, -0.1) is 0 Å². The molecule has 5 heterocycles. The van der Waals surface area contributed by atoms with E-state index in [0.717, 1.165) is 94.9 Å². The molecule has 6 rings (SSSR count). The van der Waals surface area contributed by atoms with Gasteiger partial charge >= 0.3 is 0 Å². The standard InChI is InChI=1S/C30H42N6O2/c1-4-38-30(10-13-33(14-11-30)22(2)3)25-7-8-26(31-20-25)24-19-28-27(9-12-32-36(28)21-24)34-15-17-35(18-16-34)29(37)23-5-6-23/h7-9,12,19,21-23,25H,4-6,10-11,13-18,20H2,1-3H3. The number of likely N-dealkylation sites (tertiary alicyclic amines) is 1. The summed E-state index contributed by atoms with van der Waals surface area (Å²) < 4.78 is 8.43. The van der Waals surface area contributed by atoms with Crippen molar-refractivity contribution < 1.29 is 9.53 Å². The van der Waals surface area contributed by atoms with Gasteiger partial charge in [-0.25, -0.2) is 4.52 Å². The summed E-state index contributed by atoms with van der Waals surface area (Å²) in [6.07, 6.45) is 12.8. The number of allylic oxidation sites excluding steroid dienone is 1. The monoisotopic (exact) mass is 518 g/mol. The Bertz CT molecular complexity index is 1210. The zero-order valence-electron chi connectivity index (χ0n) is 23.2. The van der Waals surface area contributed by atoms with Crippen molar-refractivity contribution in [3.8, 4) is 0 Å². The average Bonchev–Trinajstić information content (AvgIpc) is 3.71. The van der Waals surface area contributed by atoms with Crippen molar-refractivity contribution in [2.75, 3.05) is 57.3 Å². The van der Waals surface area contributed by atoms with Crippen LogP contribution in [0.2, 0.25) is 0 Å². The van der Waals surface area contributed by atoms with E-state index in [1.165, 1.54) is 5.69 Å². The number of dihydropyridines is 1. The van der Waals surface area contributed by atoms with E-state index in [1.54, 1.807) is 0 Å². The fourth-order valence-electron chi connectivity index (χ4n) is 6.54. The van der Waals surface area contributed by atoms with E-state index >= 15 is 0 Å². The number of nitrogens with zero attached hydrogens (tertiary/aromatic N) is 6. The molecule has 1 amide bonds. The van der Waals surface area contributed by atoms with Crippen LogP contribution in [0.5, 0.6) is 0 Å². The minimum absolute atomic E-state index is 0.116. The third-order valence-electron chi connectivity index (χ3n) is 9.07. The van der Waals surface area contributed by atoms with Crippen LogP contribution in [0.4, 0.5) is 5.69 Å². The van der Waals surface area contributed by atoms with Gasteiger partial charge in [0, 0.05) is 88.3 Å². The molecule has 2 saturated heterocycles. The molecule has 3 fully saturated rings. The van der Waals surface area contributed by atoms with Crippen molar-refractivity contribution in [1.82, 2.24) is 19.4 Å². The third-order valence-corrected chi connectivity index (χ3v) is 9.07. The second-order valence-electron chi connectivity index (χ2n) is 11.7. The SMILES string of the molecule is CCOC1(C2C=CC(c3cc4c(N5CCN(C(=O)C6CC6)CC5)ccnn4c3)=NC2)CCN(C(C)C)CC1. The number of carbonyl (C=O) groups excluding carboxylic acids is 1. The molecule has 4 aliphatic rings. The van der Waals surface area contributed by atoms with Crippen molar-refractivity contribution in [2.24, 2.45) is 16.8 Å². The van der Waals surface area contributed by atoms with Gasteiger partial charge in [-0.1, -0.05) is 6.08 Å². The molecule has 38 heavy (non-hydrogen) atoms. The maximum atomic E-state index is 12.5. The molecular formula is C30H42N6O2. The number of aromatic nitrogens is 2. The highest BCUT2D eigenvalue weighted by Gasteiger charge is 2.42. The number of rotatable bonds is 7. The van der Waals surface area contributed by atoms with Crippen LogP contribution in [0.3, 0.4) is 0 Å². The number of amides is 1. The van der Waals surface area contributed by atoms with Gasteiger partial charge in [0.2, 0.25) is 5.91 Å². The first-order valence-corrected chi connectivity index (χ1v) is 14.6. The van der Waals surface area contributed by atoms with Crippen LogP contribution in [-0.4, -0.2) is 95.1 Å². The maximum absolute atomic E-state index is 12.5. The lowest BCUT2D eigenvalue weighted by Gasteiger charge is -2.46. The Morgan fingerprint density at radius 3 is 2.53 bits per heavy atom. The van der Waals surface area contributed by atoms with Gasteiger partial charge in [0.05, 0.1) is 22.5 Å². The number of ether oxygens (including phenoxy) is 1. The van der Waals surface area contributed by atoms with Crippen molar-refractivity contribution in [3.05, 3.63) is 42.2 Å². The molecule has 204 valence electrons.